The largest absolute Gasteiger partial charge is 0.640 e. The first-order chi connectivity index (χ1) is 17.0. The molecule has 0 aliphatic rings. The second-order valence-corrected chi connectivity index (χ2v) is 56.4. The lowest BCUT2D eigenvalue weighted by atomic mass is 11.8. The van der Waals surface area contributed by atoms with Crippen molar-refractivity contribution in [3.05, 3.63) is 0 Å². The maximum Gasteiger partial charge on any atom is 0.640 e. The van der Waals surface area contributed by atoms with E-state index in [1.165, 1.54) is 0 Å². The van der Waals surface area contributed by atoms with Crippen LogP contribution < -0.4 is 0 Å². The summed E-state index contributed by atoms with van der Waals surface area (Å²) in [4.78, 5) is 0. The third-order valence-corrected chi connectivity index (χ3v) is 30.5. The zero-order valence-electron chi connectivity index (χ0n) is 29.7. The van der Waals surface area contributed by atoms with Gasteiger partial charge in [-0.15, -0.1) is 0 Å². The number of hydrogen-bond donors (Lipinski definition) is 0. The summed E-state index contributed by atoms with van der Waals surface area (Å²) in [6.07, 6.45) is 0. The highest BCUT2D eigenvalue weighted by molar-refractivity contribution is 6.92. The lowest BCUT2D eigenvalue weighted by molar-refractivity contribution is 0.0882. The van der Waals surface area contributed by atoms with Crippen LogP contribution in [0.5, 0.6) is 0 Å². The Labute approximate surface area is 259 Å². The molecule has 0 amide bonds. The zero-order chi connectivity index (χ0) is 32.4. The van der Waals surface area contributed by atoms with E-state index in [0.717, 1.165) is 0 Å². The maximum atomic E-state index is 6.95. The normalized spacial score (nSPS) is 15.8. The highest BCUT2D eigenvalue weighted by Crippen LogP contribution is 2.32. The van der Waals surface area contributed by atoms with Gasteiger partial charge in [0.1, 0.15) is 0 Å². The molecular weight excluding hydrogens is 677 g/mol. The average Bonchev–Trinajstić information content (AvgIpc) is 2.39. The summed E-state index contributed by atoms with van der Waals surface area (Å²) >= 11 is 0. The standard InChI is InChI=1S/C21H63O9Si10/c1-32(2,3)22-31(23-39(25-33(4,5)6,26-34(7,8)9)27-35(10,11)12)24-40(28-36(13,14)15,29-37(16,17)18)30-38(19,20)21/h1-21H3. The SMILES string of the molecule is C[Si](C)(C)O[Si](O[Si](O[Si](C)(C)C)(O[Si](C)(C)C)O[Si](C)(C)C)O[Si](O[Si](C)(C)C)(O[Si](C)(C)C)O[Si](C)(C)C. The van der Waals surface area contributed by atoms with Gasteiger partial charge in [-0.05, 0) is 137 Å². The second-order valence-electron chi connectivity index (χ2n) is 17.0. The molecular formula is C21H63O9Si10. The van der Waals surface area contributed by atoms with E-state index in [1.54, 1.807) is 0 Å². The molecule has 40 heavy (non-hydrogen) atoms. The summed E-state index contributed by atoms with van der Waals surface area (Å²) in [5.41, 5.74) is 0. The molecule has 0 spiro atoms. The molecule has 0 bridgehead atoms. The maximum absolute atomic E-state index is 6.95. The molecule has 9 nitrogen and oxygen atoms in total. The fourth-order valence-electron chi connectivity index (χ4n) is 3.02. The van der Waals surface area contributed by atoms with Crippen molar-refractivity contribution in [2.24, 2.45) is 0 Å². The lowest BCUT2D eigenvalue weighted by Gasteiger charge is -2.45. The van der Waals surface area contributed by atoms with Crippen LogP contribution in [0.25, 0.3) is 0 Å². The Bertz CT molecular complexity index is 647. The van der Waals surface area contributed by atoms with Gasteiger partial charge in [-0.1, -0.05) is 0 Å². The lowest BCUT2D eigenvalue weighted by Crippen LogP contribution is -2.69. The number of hydrogen-bond acceptors (Lipinski definition) is 9. The van der Waals surface area contributed by atoms with Gasteiger partial charge in [0.2, 0.25) is 0 Å². The molecule has 0 aliphatic carbocycles. The molecule has 19 heteroatoms. The first-order valence-corrected chi connectivity index (χ1v) is 42.5. The molecule has 0 unspecified atom stereocenters. The first kappa shape index (κ1) is 41.8. The average molecular weight is 741 g/mol. The fourth-order valence-corrected chi connectivity index (χ4v) is 32.8. The molecule has 0 heterocycles. The monoisotopic (exact) mass is 739 g/mol. The van der Waals surface area contributed by atoms with Crippen LogP contribution in [0.4, 0.5) is 0 Å². The predicted octanol–water partition coefficient (Wildman–Crippen LogP) is 7.84. The van der Waals surface area contributed by atoms with Crippen LogP contribution in [0, 0.1) is 0 Å². The van der Waals surface area contributed by atoms with Gasteiger partial charge in [-0.3, -0.25) is 0 Å². The van der Waals surface area contributed by atoms with Crippen molar-refractivity contribution in [2.75, 3.05) is 0 Å². The van der Waals surface area contributed by atoms with Gasteiger partial charge in [-0.25, -0.2) is 0 Å². The Morgan fingerprint density at radius 2 is 0.425 bits per heavy atom. The van der Waals surface area contributed by atoms with E-state index in [2.05, 4.69) is 137 Å². The molecule has 0 saturated carbocycles. The first-order valence-electron chi connectivity index (χ1n) is 14.2. The minimum absolute atomic E-state index is 2.12. The minimum Gasteiger partial charge on any atom is -0.414 e. The highest BCUT2D eigenvalue weighted by Gasteiger charge is 2.62. The summed E-state index contributed by atoms with van der Waals surface area (Å²) < 4.78 is 61.5. The molecule has 241 valence electrons. The fraction of sp³-hybridized carbons (Fsp3) is 1.00. The van der Waals surface area contributed by atoms with Crippen LogP contribution in [0.3, 0.4) is 0 Å². The van der Waals surface area contributed by atoms with Crippen LogP contribution in [-0.4, -0.2) is 85.8 Å². The van der Waals surface area contributed by atoms with Gasteiger partial charge in [0.25, 0.3) is 0 Å². The summed E-state index contributed by atoms with van der Waals surface area (Å²) in [6.45, 7) is 44.6. The van der Waals surface area contributed by atoms with E-state index in [1.807, 2.05) is 0 Å². The smallest absolute Gasteiger partial charge is 0.414 e. The topological polar surface area (TPSA) is 83.1 Å². The molecule has 0 N–H and O–H groups in total. The molecule has 0 aromatic rings. The van der Waals surface area contributed by atoms with Crippen molar-refractivity contribution in [1.29, 1.82) is 0 Å². The summed E-state index contributed by atoms with van der Waals surface area (Å²) in [6, 6.07) is 0. The van der Waals surface area contributed by atoms with Gasteiger partial charge >= 0.3 is 27.6 Å². The van der Waals surface area contributed by atoms with E-state index in [-0.39, 0.29) is 0 Å². The molecule has 0 aliphatic heterocycles. The highest BCUT2D eigenvalue weighted by atomic mass is 28.6. The second kappa shape index (κ2) is 14.1. The van der Waals surface area contributed by atoms with Crippen molar-refractivity contribution in [3.63, 3.8) is 0 Å². The van der Waals surface area contributed by atoms with Gasteiger partial charge in [0, 0.05) is 0 Å². The van der Waals surface area contributed by atoms with Crippen LogP contribution in [0.2, 0.25) is 137 Å². The van der Waals surface area contributed by atoms with Crippen molar-refractivity contribution in [2.45, 2.75) is 137 Å². The van der Waals surface area contributed by atoms with Gasteiger partial charge < -0.3 is 37.0 Å². The Morgan fingerprint density at radius 1 is 0.250 bits per heavy atom. The molecule has 0 aromatic carbocycles. The van der Waals surface area contributed by atoms with E-state index in [4.69, 9.17) is 37.0 Å². The molecule has 0 atom stereocenters. The Kier molecular flexibility index (Phi) is 14.7. The molecule has 0 fully saturated rings. The van der Waals surface area contributed by atoms with Crippen LogP contribution in [0.15, 0.2) is 0 Å². The summed E-state index contributed by atoms with van der Waals surface area (Å²) in [7, 11) is -25.5. The molecule has 0 aromatic heterocycles. The Hall–Kier alpha value is 1.81. The van der Waals surface area contributed by atoms with Crippen molar-refractivity contribution >= 4 is 85.8 Å². The summed E-state index contributed by atoms with van der Waals surface area (Å²) in [5.74, 6) is 0. The van der Waals surface area contributed by atoms with Crippen molar-refractivity contribution in [3.8, 4) is 0 Å². The van der Waals surface area contributed by atoms with E-state index >= 15 is 0 Å². The quantitative estimate of drug-likeness (QED) is 0.131. The zero-order valence-corrected chi connectivity index (χ0v) is 39.7. The van der Waals surface area contributed by atoms with Crippen molar-refractivity contribution in [1.82, 2.24) is 0 Å². The molecule has 1 radical (unpaired) electrons. The number of rotatable bonds is 18. The van der Waals surface area contributed by atoms with Gasteiger partial charge in [0.15, 0.2) is 58.2 Å². The Balaban J connectivity index is 7.25. The van der Waals surface area contributed by atoms with Gasteiger partial charge in [0.05, 0.1) is 0 Å². The van der Waals surface area contributed by atoms with Crippen LogP contribution in [-0.2, 0) is 37.0 Å². The van der Waals surface area contributed by atoms with Crippen LogP contribution >= 0.6 is 0 Å². The van der Waals surface area contributed by atoms with Crippen LogP contribution in [0.1, 0.15) is 0 Å². The minimum atomic E-state index is -3.75. The third-order valence-electron chi connectivity index (χ3n) is 3.39. The predicted molar refractivity (Wildman–Crippen MR) is 190 cm³/mol. The molecule has 0 saturated heterocycles. The van der Waals surface area contributed by atoms with E-state index in [0.29, 0.717) is 0 Å². The molecule has 0 rings (SSSR count). The van der Waals surface area contributed by atoms with E-state index < -0.39 is 85.8 Å². The summed E-state index contributed by atoms with van der Waals surface area (Å²) in [5, 5.41) is 0. The van der Waals surface area contributed by atoms with Crippen molar-refractivity contribution < 1.29 is 37.0 Å². The Morgan fingerprint density at radius 3 is 0.550 bits per heavy atom. The van der Waals surface area contributed by atoms with E-state index in [9.17, 15) is 0 Å². The van der Waals surface area contributed by atoms with Gasteiger partial charge in [-0.2, -0.15) is 0 Å². The third kappa shape index (κ3) is 21.5.